The van der Waals surface area contributed by atoms with Gasteiger partial charge in [-0.1, -0.05) is 23.2 Å². The number of halogens is 3. The molecular weight excluding hydrogens is 302 g/mol. The van der Waals surface area contributed by atoms with Crippen molar-refractivity contribution in [2.45, 2.75) is 0 Å². The van der Waals surface area contributed by atoms with Crippen molar-refractivity contribution in [3.8, 4) is 0 Å². The summed E-state index contributed by atoms with van der Waals surface area (Å²) in [4.78, 5) is 13.5. The second kappa shape index (κ2) is 4.96. The Hall–Kier alpha value is -1.78. The van der Waals surface area contributed by atoms with E-state index in [0.29, 0.717) is 16.4 Å². The van der Waals surface area contributed by atoms with Gasteiger partial charge in [-0.2, -0.15) is 0 Å². The van der Waals surface area contributed by atoms with Crippen LogP contribution in [-0.4, -0.2) is 12.5 Å². The van der Waals surface area contributed by atoms with Gasteiger partial charge in [0, 0.05) is 16.8 Å². The van der Waals surface area contributed by atoms with Gasteiger partial charge in [-0.25, -0.2) is 4.39 Å². The van der Waals surface area contributed by atoms with Gasteiger partial charge >= 0.3 is 0 Å². The molecule has 0 unspecified atom stereocenters. The lowest BCUT2D eigenvalue weighted by molar-refractivity contribution is -0.115. The molecule has 20 heavy (non-hydrogen) atoms. The zero-order valence-electron chi connectivity index (χ0n) is 10.2. The van der Waals surface area contributed by atoms with E-state index in [1.165, 1.54) is 12.1 Å². The third-order valence-corrected chi connectivity index (χ3v) is 3.59. The molecule has 2 aromatic carbocycles. The molecule has 0 saturated heterocycles. The van der Waals surface area contributed by atoms with Crippen molar-refractivity contribution >= 4 is 46.2 Å². The van der Waals surface area contributed by atoms with Crippen molar-refractivity contribution in [1.29, 1.82) is 0 Å². The molecule has 0 bridgehead atoms. The number of nitrogens with one attached hydrogen (secondary N) is 1. The van der Waals surface area contributed by atoms with Gasteiger partial charge in [0.2, 0.25) is 5.91 Å². The van der Waals surface area contributed by atoms with E-state index in [9.17, 15) is 9.18 Å². The Balaban J connectivity index is 2.12. The van der Waals surface area contributed by atoms with Gasteiger partial charge in [0.15, 0.2) is 0 Å². The predicted octanol–water partition coefficient (Wildman–Crippen LogP) is 4.22. The van der Waals surface area contributed by atoms with Crippen LogP contribution in [0.15, 0.2) is 36.4 Å². The van der Waals surface area contributed by atoms with Crippen LogP contribution in [0.3, 0.4) is 0 Å². The molecule has 0 radical (unpaired) electrons. The van der Waals surface area contributed by atoms with Crippen LogP contribution in [0, 0.1) is 5.82 Å². The molecule has 1 aliphatic rings. The van der Waals surface area contributed by atoms with E-state index >= 15 is 0 Å². The molecule has 6 heteroatoms. The maximum atomic E-state index is 13.5. The van der Waals surface area contributed by atoms with Crippen LogP contribution in [0.25, 0.3) is 0 Å². The van der Waals surface area contributed by atoms with Crippen molar-refractivity contribution in [2.75, 3.05) is 16.8 Å². The third-order valence-electron chi connectivity index (χ3n) is 3.04. The average molecular weight is 311 g/mol. The van der Waals surface area contributed by atoms with Crippen molar-refractivity contribution in [1.82, 2.24) is 0 Å². The zero-order chi connectivity index (χ0) is 14.3. The van der Waals surface area contributed by atoms with Gasteiger partial charge in [-0.3, -0.25) is 4.79 Å². The summed E-state index contributed by atoms with van der Waals surface area (Å²) in [6.07, 6.45) is 0. The Morgan fingerprint density at radius 3 is 2.55 bits per heavy atom. The van der Waals surface area contributed by atoms with Gasteiger partial charge < -0.3 is 10.2 Å². The van der Waals surface area contributed by atoms with E-state index in [1.807, 2.05) is 0 Å². The molecule has 1 aliphatic heterocycles. The van der Waals surface area contributed by atoms with E-state index in [4.69, 9.17) is 23.2 Å². The first-order chi connectivity index (χ1) is 9.54. The Labute approximate surface area is 124 Å². The van der Waals surface area contributed by atoms with E-state index in [1.54, 1.807) is 29.2 Å². The molecule has 2 aromatic rings. The monoisotopic (exact) mass is 310 g/mol. The van der Waals surface area contributed by atoms with Crippen LogP contribution in [0.1, 0.15) is 0 Å². The van der Waals surface area contributed by atoms with Crippen molar-refractivity contribution < 1.29 is 9.18 Å². The second-order valence-electron chi connectivity index (χ2n) is 4.39. The van der Waals surface area contributed by atoms with E-state index in [0.717, 1.165) is 5.69 Å². The molecule has 0 aliphatic carbocycles. The minimum absolute atomic E-state index is 0.0128. The highest BCUT2D eigenvalue weighted by atomic mass is 35.5. The maximum absolute atomic E-state index is 13.5. The highest BCUT2D eigenvalue weighted by Gasteiger charge is 2.24. The molecular formula is C14H9Cl2FN2O. The number of rotatable bonds is 1. The molecule has 102 valence electrons. The minimum Gasteiger partial charge on any atom is -0.330 e. The van der Waals surface area contributed by atoms with Crippen LogP contribution in [0.5, 0.6) is 0 Å². The maximum Gasteiger partial charge on any atom is 0.244 e. The highest BCUT2D eigenvalue weighted by Crippen LogP contribution is 2.38. The van der Waals surface area contributed by atoms with Gasteiger partial charge in [-0.15, -0.1) is 0 Å². The van der Waals surface area contributed by atoms with Crippen LogP contribution < -0.4 is 10.2 Å². The average Bonchev–Trinajstić information content (AvgIpc) is 2.41. The molecule has 0 saturated carbocycles. The van der Waals surface area contributed by atoms with Crippen LogP contribution >= 0.6 is 23.2 Å². The Morgan fingerprint density at radius 2 is 1.85 bits per heavy atom. The number of benzene rings is 2. The van der Waals surface area contributed by atoms with Crippen molar-refractivity contribution in [3.05, 3.63) is 52.3 Å². The molecule has 1 N–H and O–H groups in total. The number of hydrogen-bond acceptors (Lipinski definition) is 2. The molecule has 3 rings (SSSR count). The van der Waals surface area contributed by atoms with E-state index in [2.05, 4.69) is 5.32 Å². The number of amides is 1. The summed E-state index contributed by atoms with van der Waals surface area (Å²) in [7, 11) is 0. The second-order valence-corrected chi connectivity index (χ2v) is 5.24. The molecule has 0 atom stereocenters. The quantitative estimate of drug-likeness (QED) is 0.855. The third kappa shape index (κ3) is 2.32. The number of fused-ring (bicyclic) bond motifs is 1. The fourth-order valence-electron chi connectivity index (χ4n) is 2.13. The van der Waals surface area contributed by atoms with E-state index in [-0.39, 0.29) is 17.5 Å². The largest absolute Gasteiger partial charge is 0.330 e. The van der Waals surface area contributed by atoms with Gasteiger partial charge in [0.25, 0.3) is 0 Å². The summed E-state index contributed by atoms with van der Waals surface area (Å²) in [5.74, 6) is -0.780. The van der Waals surface area contributed by atoms with Crippen molar-refractivity contribution in [2.24, 2.45) is 0 Å². The first kappa shape index (κ1) is 13.2. The summed E-state index contributed by atoms with van der Waals surface area (Å²) in [6, 6.07) is 9.77. The SMILES string of the molecule is O=C1CN(c2ccc(Cl)cc2)c2cc(Cl)c(F)cc2N1. The fraction of sp³-hybridized carbons (Fsp3) is 0.0714. The molecule has 0 spiro atoms. The summed E-state index contributed by atoms with van der Waals surface area (Å²) in [5, 5.41) is 3.25. The van der Waals surface area contributed by atoms with Gasteiger partial charge in [0.1, 0.15) is 12.4 Å². The summed E-state index contributed by atoms with van der Waals surface area (Å²) in [6.45, 7) is 0.136. The number of hydrogen-bond donors (Lipinski definition) is 1. The lowest BCUT2D eigenvalue weighted by atomic mass is 10.1. The number of nitrogens with zero attached hydrogens (tertiary/aromatic N) is 1. The van der Waals surface area contributed by atoms with Crippen LogP contribution in [-0.2, 0) is 4.79 Å². The molecule has 1 amide bonds. The number of carbonyl (C=O) groups is 1. The minimum atomic E-state index is -0.566. The normalized spacial score (nSPS) is 13.9. The smallest absolute Gasteiger partial charge is 0.244 e. The van der Waals surface area contributed by atoms with Gasteiger partial charge in [0.05, 0.1) is 16.4 Å². The molecule has 3 nitrogen and oxygen atoms in total. The lowest BCUT2D eigenvalue weighted by Crippen LogP contribution is -2.35. The standard InChI is InChI=1S/C14H9Cl2FN2O/c15-8-1-3-9(4-2-8)19-7-14(20)18-12-6-11(17)10(16)5-13(12)19/h1-6H,7H2,(H,18,20). The number of carbonyl (C=O) groups excluding carboxylic acids is 1. The first-order valence-corrected chi connectivity index (χ1v) is 6.62. The lowest BCUT2D eigenvalue weighted by Gasteiger charge is -2.31. The van der Waals surface area contributed by atoms with E-state index < -0.39 is 5.82 Å². The first-order valence-electron chi connectivity index (χ1n) is 5.86. The zero-order valence-corrected chi connectivity index (χ0v) is 11.7. The Morgan fingerprint density at radius 1 is 1.15 bits per heavy atom. The fourth-order valence-corrected chi connectivity index (χ4v) is 2.41. The topological polar surface area (TPSA) is 32.3 Å². The Kier molecular flexibility index (Phi) is 3.28. The summed E-state index contributed by atoms with van der Waals surface area (Å²) in [5.41, 5.74) is 1.84. The molecule has 1 heterocycles. The molecule has 0 fully saturated rings. The summed E-state index contributed by atoms with van der Waals surface area (Å²) >= 11 is 11.7. The Bertz CT molecular complexity index is 688. The van der Waals surface area contributed by atoms with Crippen LogP contribution in [0.2, 0.25) is 10.0 Å². The van der Waals surface area contributed by atoms with Crippen LogP contribution in [0.4, 0.5) is 21.5 Å². The molecule has 0 aromatic heterocycles. The number of anilines is 3. The summed E-state index contributed by atoms with van der Waals surface area (Å²) < 4.78 is 13.5. The van der Waals surface area contributed by atoms with Crippen molar-refractivity contribution in [3.63, 3.8) is 0 Å². The highest BCUT2D eigenvalue weighted by molar-refractivity contribution is 6.31. The predicted molar refractivity (Wildman–Crippen MR) is 78.5 cm³/mol. The van der Waals surface area contributed by atoms with Gasteiger partial charge in [-0.05, 0) is 30.3 Å².